The number of benzene rings is 2. The van der Waals surface area contributed by atoms with Crippen LogP contribution in [0.5, 0.6) is 5.75 Å². The summed E-state index contributed by atoms with van der Waals surface area (Å²) < 4.78 is 6.21. The van der Waals surface area contributed by atoms with Crippen LogP contribution in [0, 0.1) is 0 Å². The number of ether oxygens (including phenoxy) is 1. The van der Waals surface area contributed by atoms with Crippen LogP contribution >= 0.6 is 27.5 Å². The number of halogens is 2. The molecule has 21 heavy (non-hydrogen) atoms. The Morgan fingerprint density at radius 3 is 2.76 bits per heavy atom. The molecule has 2 aromatic carbocycles. The molecular weight excluding hydrogens is 354 g/mol. The molecule has 1 amide bonds. The van der Waals surface area contributed by atoms with Gasteiger partial charge in [-0.05, 0) is 36.2 Å². The first-order valence-electron chi connectivity index (χ1n) is 6.47. The van der Waals surface area contributed by atoms with E-state index in [9.17, 15) is 4.79 Å². The second kappa shape index (κ2) is 7.48. The summed E-state index contributed by atoms with van der Waals surface area (Å²) >= 11 is 9.41. The smallest absolute Gasteiger partial charge is 0.224 e. The summed E-state index contributed by atoms with van der Waals surface area (Å²) in [6, 6.07) is 13.0. The van der Waals surface area contributed by atoms with Gasteiger partial charge >= 0.3 is 0 Å². The summed E-state index contributed by atoms with van der Waals surface area (Å²) in [5, 5.41) is 3.38. The fraction of sp³-hybridized carbons (Fsp3) is 0.188. The minimum absolute atomic E-state index is 0.0775. The van der Waals surface area contributed by atoms with Crippen LogP contribution < -0.4 is 10.1 Å². The van der Waals surface area contributed by atoms with Crippen molar-refractivity contribution in [3.63, 3.8) is 0 Å². The summed E-state index contributed by atoms with van der Waals surface area (Å²) in [6.45, 7) is 0. The van der Waals surface area contributed by atoms with Gasteiger partial charge < -0.3 is 10.1 Å². The average Bonchev–Trinajstić information content (AvgIpc) is 2.47. The molecule has 0 radical (unpaired) electrons. The van der Waals surface area contributed by atoms with Crippen LogP contribution in [0.25, 0.3) is 0 Å². The van der Waals surface area contributed by atoms with Gasteiger partial charge in [0.05, 0.1) is 12.8 Å². The van der Waals surface area contributed by atoms with Gasteiger partial charge in [0.1, 0.15) is 5.75 Å². The van der Waals surface area contributed by atoms with Crippen LogP contribution in [0.3, 0.4) is 0 Å². The van der Waals surface area contributed by atoms with E-state index in [0.717, 1.165) is 10.0 Å². The summed E-state index contributed by atoms with van der Waals surface area (Å²) in [5.74, 6) is 0.514. The predicted octanol–water partition coefficient (Wildman–Crippen LogP) is 4.68. The first-order valence-corrected chi connectivity index (χ1v) is 7.64. The zero-order valence-corrected chi connectivity index (χ0v) is 13.9. The highest BCUT2D eigenvalue weighted by molar-refractivity contribution is 9.10. The Labute approximate surface area is 137 Å². The molecule has 0 aliphatic rings. The number of hydrogen-bond acceptors (Lipinski definition) is 2. The number of carbonyl (C=O) groups excluding carboxylic acids is 1. The number of amides is 1. The maximum Gasteiger partial charge on any atom is 0.224 e. The Balaban J connectivity index is 1.99. The molecule has 0 fully saturated rings. The molecule has 1 N–H and O–H groups in total. The first-order chi connectivity index (χ1) is 10.1. The third-order valence-electron chi connectivity index (χ3n) is 3.01. The monoisotopic (exact) mass is 367 g/mol. The topological polar surface area (TPSA) is 38.3 Å². The quantitative estimate of drug-likeness (QED) is 0.832. The molecule has 0 heterocycles. The van der Waals surface area contributed by atoms with Gasteiger partial charge in [-0.15, -0.1) is 0 Å². The third-order valence-corrected chi connectivity index (χ3v) is 4.02. The molecule has 0 spiro atoms. The summed E-state index contributed by atoms with van der Waals surface area (Å²) in [6.07, 6.45) is 1.05. The van der Waals surface area contributed by atoms with Crippen LogP contribution in [0.15, 0.2) is 46.9 Å². The van der Waals surface area contributed by atoms with E-state index >= 15 is 0 Å². The summed E-state index contributed by atoms with van der Waals surface area (Å²) in [7, 11) is 1.56. The lowest BCUT2D eigenvalue weighted by atomic mass is 10.1. The highest BCUT2D eigenvalue weighted by atomic mass is 79.9. The van der Waals surface area contributed by atoms with Gasteiger partial charge in [0.2, 0.25) is 5.91 Å². The number of nitrogens with one attached hydrogen (secondary N) is 1. The largest absolute Gasteiger partial charge is 0.495 e. The fourth-order valence-electron chi connectivity index (χ4n) is 1.94. The molecule has 3 nitrogen and oxygen atoms in total. The van der Waals surface area contributed by atoms with Crippen molar-refractivity contribution in [2.75, 3.05) is 12.4 Å². The van der Waals surface area contributed by atoms with Crippen molar-refractivity contribution in [3.05, 3.63) is 57.5 Å². The molecular formula is C16H15BrClNO2. The molecule has 0 saturated carbocycles. The lowest BCUT2D eigenvalue weighted by Gasteiger charge is -2.11. The molecule has 2 rings (SSSR count). The number of anilines is 1. The average molecular weight is 369 g/mol. The predicted molar refractivity (Wildman–Crippen MR) is 89.1 cm³/mol. The molecule has 2 aromatic rings. The van der Waals surface area contributed by atoms with Gasteiger partial charge in [-0.25, -0.2) is 0 Å². The van der Waals surface area contributed by atoms with E-state index < -0.39 is 0 Å². The van der Waals surface area contributed by atoms with Crippen molar-refractivity contribution in [2.24, 2.45) is 0 Å². The second-order valence-corrected chi connectivity index (χ2v) is 5.77. The highest BCUT2D eigenvalue weighted by Crippen LogP contribution is 2.28. The maximum absolute atomic E-state index is 12.1. The Morgan fingerprint density at radius 1 is 1.29 bits per heavy atom. The Hall–Kier alpha value is -1.52. The van der Waals surface area contributed by atoms with Gasteiger partial charge in [-0.1, -0.05) is 45.7 Å². The van der Waals surface area contributed by atoms with Crippen LogP contribution in [-0.2, 0) is 11.2 Å². The molecule has 0 atom stereocenters. The number of hydrogen-bond donors (Lipinski definition) is 1. The van der Waals surface area contributed by atoms with Gasteiger partial charge in [0.25, 0.3) is 0 Å². The molecule has 0 aromatic heterocycles. The van der Waals surface area contributed by atoms with Crippen LogP contribution in [0.4, 0.5) is 5.69 Å². The van der Waals surface area contributed by atoms with Crippen molar-refractivity contribution >= 4 is 39.1 Å². The lowest BCUT2D eigenvalue weighted by Crippen LogP contribution is -2.13. The Bertz CT molecular complexity index is 646. The number of methoxy groups -OCH3 is 1. The normalized spacial score (nSPS) is 10.2. The maximum atomic E-state index is 12.1. The van der Waals surface area contributed by atoms with Gasteiger partial charge in [0.15, 0.2) is 0 Å². The van der Waals surface area contributed by atoms with Gasteiger partial charge in [-0.2, -0.15) is 0 Å². The zero-order chi connectivity index (χ0) is 15.2. The van der Waals surface area contributed by atoms with E-state index in [-0.39, 0.29) is 5.91 Å². The summed E-state index contributed by atoms with van der Waals surface area (Å²) in [5.41, 5.74) is 1.69. The van der Waals surface area contributed by atoms with E-state index in [0.29, 0.717) is 29.3 Å². The molecule has 5 heteroatoms. The molecule has 0 saturated heterocycles. The van der Waals surface area contributed by atoms with Crippen molar-refractivity contribution in [2.45, 2.75) is 12.8 Å². The Kier molecular flexibility index (Phi) is 5.65. The third kappa shape index (κ3) is 4.48. The van der Waals surface area contributed by atoms with Crippen molar-refractivity contribution < 1.29 is 9.53 Å². The molecule has 0 aliphatic heterocycles. The molecule has 0 unspecified atom stereocenters. The van der Waals surface area contributed by atoms with E-state index in [2.05, 4.69) is 21.2 Å². The fourth-order valence-corrected chi connectivity index (χ4v) is 2.60. The Morgan fingerprint density at radius 2 is 2.05 bits per heavy atom. The lowest BCUT2D eigenvalue weighted by molar-refractivity contribution is -0.116. The van der Waals surface area contributed by atoms with Crippen molar-refractivity contribution in [1.82, 2.24) is 0 Å². The zero-order valence-electron chi connectivity index (χ0n) is 11.5. The van der Waals surface area contributed by atoms with Gasteiger partial charge in [0, 0.05) is 15.9 Å². The molecule has 0 aliphatic carbocycles. The van der Waals surface area contributed by atoms with Crippen LogP contribution in [0.1, 0.15) is 12.0 Å². The van der Waals surface area contributed by atoms with E-state index in [1.54, 1.807) is 25.3 Å². The number of carbonyl (C=O) groups is 1. The minimum Gasteiger partial charge on any atom is -0.495 e. The first kappa shape index (κ1) is 15.9. The summed E-state index contributed by atoms with van der Waals surface area (Å²) in [4.78, 5) is 12.1. The van der Waals surface area contributed by atoms with Crippen LogP contribution in [-0.4, -0.2) is 13.0 Å². The minimum atomic E-state index is -0.0775. The van der Waals surface area contributed by atoms with E-state index in [4.69, 9.17) is 16.3 Å². The van der Waals surface area contributed by atoms with Crippen molar-refractivity contribution in [3.8, 4) is 5.75 Å². The van der Waals surface area contributed by atoms with Gasteiger partial charge in [-0.3, -0.25) is 4.79 Å². The van der Waals surface area contributed by atoms with E-state index in [1.807, 2.05) is 24.3 Å². The second-order valence-electron chi connectivity index (χ2n) is 4.48. The highest BCUT2D eigenvalue weighted by Gasteiger charge is 2.09. The number of rotatable bonds is 5. The SMILES string of the molecule is COc1ccc(Cl)cc1NC(=O)CCc1ccccc1Br. The standard InChI is InChI=1S/C16H15BrClNO2/c1-21-15-8-7-12(18)10-14(15)19-16(20)9-6-11-4-2-3-5-13(11)17/h2-5,7-8,10H,6,9H2,1H3,(H,19,20). The molecule has 110 valence electrons. The van der Waals surface area contributed by atoms with Crippen molar-refractivity contribution in [1.29, 1.82) is 0 Å². The molecule has 0 bridgehead atoms. The number of aryl methyl sites for hydroxylation is 1. The van der Waals surface area contributed by atoms with Crippen LogP contribution in [0.2, 0.25) is 5.02 Å². The van der Waals surface area contributed by atoms with E-state index in [1.165, 1.54) is 0 Å².